The van der Waals surface area contributed by atoms with Gasteiger partial charge < -0.3 is 19.5 Å². The molecular formula is C15H25NO3. The van der Waals surface area contributed by atoms with E-state index in [1.54, 1.807) is 7.11 Å². The first kappa shape index (κ1) is 16.0. The molecule has 4 nitrogen and oxygen atoms in total. The lowest BCUT2D eigenvalue weighted by molar-refractivity contribution is 0.0272. The first-order chi connectivity index (χ1) is 9.36. The van der Waals surface area contributed by atoms with Gasteiger partial charge in [-0.05, 0) is 24.1 Å². The highest BCUT2D eigenvalue weighted by Gasteiger charge is 1.94. The summed E-state index contributed by atoms with van der Waals surface area (Å²) in [7, 11) is 1.67. The zero-order valence-electron chi connectivity index (χ0n) is 12.0. The Morgan fingerprint density at radius 3 is 2.47 bits per heavy atom. The summed E-state index contributed by atoms with van der Waals surface area (Å²) in [4.78, 5) is 0. The van der Waals surface area contributed by atoms with E-state index in [1.807, 2.05) is 0 Å². The Hall–Kier alpha value is -1.10. The maximum Gasteiger partial charge on any atom is 0.0701 e. The van der Waals surface area contributed by atoms with Gasteiger partial charge in [0.2, 0.25) is 0 Å². The van der Waals surface area contributed by atoms with Crippen molar-refractivity contribution >= 4 is 5.69 Å². The first-order valence-corrected chi connectivity index (χ1v) is 6.84. The standard InChI is InChI=1S/C15H25NO3/c1-3-14-5-4-6-15(13-14)16-7-8-18-11-12-19-10-9-17-2/h4-6,13,16H,3,7-12H2,1-2H3. The summed E-state index contributed by atoms with van der Waals surface area (Å²) in [5.74, 6) is 0. The summed E-state index contributed by atoms with van der Waals surface area (Å²) in [6.07, 6.45) is 1.06. The van der Waals surface area contributed by atoms with Gasteiger partial charge in [0.25, 0.3) is 0 Å². The maximum atomic E-state index is 5.46. The van der Waals surface area contributed by atoms with Gasteiger partial charge in [-0.1, -0.05) is 19.1 Å². The number of hydrogen-bond acceptors (Lipinski definition) is 4. The van der Waals surface area contributed by atoms with E-state index in [1.165, 1.54) is 5.56 Å². The quantitative estimate of drug-likeness (QED) is 0.625. The second kappa shape index (κ2) is 10.8. The zero-order valence-corrected chi connectivity index (χ0v) is 12.0. The topological polar surface area (TPSA) is 39.7 Å². The van der Waals surface area contributed by atoms with E-state index in [-0.39, 0.29) is 0 Å². The number of ether oxygens (including phenoxy) is 3. The van der Waals surface area contributed by atoms with Gasteiger partial charge in [0.05, 0.1) is 33.0 Å². The van der Waals surface area contributed by atoms with Crippen molar-refractivity contribution in [2.45, 2.75) is 13.3 Å². The van der Waals surface area contributed by atoms with Crippen LogP contribution in [-0.2, 0) is 20.6 Å². The van der Waals surface area contributed by atoms with Crippen molar-refractivity contribution in [2.24, 2.45) is 0 Å². The molecule has 0 radical (unpaired) electrons. The van der Waals surface area contributed by atoms with Crippen LogP contribution in [0.25, 0.3) is 0 Å². The summed E-state index contributed by atoms with van der Waals surface area (Å²) >= 11 is 0. The predicted octanol–water partition coefficient (Wildman–Crippen LogP) is 2.34. The molecule has 1 aromatic rings. The van der Waals surface area contributed by atoms with Crippen molar-refractivity contribution in [1.29, 1.82) is 0 Å². The van der Waals surface area contributed by atoms with Gasteiger partial charge in [0, 0.05) is 19.3 Å². The van der Waals surface area contributed by atoms with Crippen LogP contribution >= 0.6 is 0 Å². The van der Waals surface area contributed by atoms with E-state index in [2.05, 4.69) is 36.5 Å². The van der Waals surface area contributed by atoms with Crippen LogP contribution in [0.1, 0.15) is 12.5 Å². The van der Waals surface area contributed by atoms with E-state index in [4.69, 9.17) is 14.2 Å². The third kappa shape index (κ3) is 7.82. The number of methoxy groups -OCH3 is 1. The van der Waals surface area contributed by atoms with Crippen LogP contribution in [0.15, 0.2) is 24.3 Å². The lowest BCUT2D eigenvalue weighted by Gasteiger charge is -2.09. The second-order valence-electron chi connectivity index (χ2n) is 4.20. The highest BCUT2D eigenvalue weighted by atomic mass is 16.5. The van der Waals surface area contributed by atoms with Crippen molar-refractivity contribution in [3.05, 3.63) is 29.8 Å². The molecule has 1 aromatic carbocycles. The molecule has 0 saturated carbocycles. The van der Waals surface area contributed by atoms with Crippen LogP contribution in [0, 0.1) is 0 Å². The molecule has 0 amide bonds. The van der Waals surface area contributed by atoms with Gasteiger partial charge in [0.15, 0.2) is 0 Å². The van der Waals surface area contributed by atoms with Crippen molar-refractivity contribution < 1.29 is 14.2 Å². The Morgan fingerprint density at radius 2 is 1.74 bits per heavy atom. The third-order valence-electron chi connectivity index (χ3n) is 2.71. The molecule has 0 saturated heterocycles. The predicted molar refractivity (Wildman–Crippen MR) is 77.8 cm³/mol. The Labute approximate surface area is 116 Å². The first-order valence-electron chi connectivity index (χ1n) is 6.84. The van der Waals surface area contributed by atoms with Crippen LogP contribution in [-0.4, -0.2) is 46.7 Å². The van der Waals surface area contributed by atoms with Crippen molar-refractivity contribution in [1.82, 2.24) is 0 Å². The second-order valence-corrected chi connectivity index (χ2v) is 4.20. The fourth-order valence-electron chi connectivity index (χ4n) is 1.63. The molecule has 0 unspecified atom stereocenters. The molecule has 0 aromatic heterocycles. The zero-order chi connectivity index (χ0) is 13.8. The Kier molecular flexibility index (Phi) is 9.06. The molecule has 0 heterocycles. The summed E-state index contributed by atoms with van der Waals surface area (Å²) in [5, 5.41) is 3.34. The minimum atomic E-state index is 0.620. The van der Waals surface area contributed by atoms with Crippen LogP contribution in [0.3, 0.4) is 0 Å². The summed E-state index contributed by atoms with van der Waals surface area (Å²) < 4.78 is 15.6. The van der Waals surface area contributed by atoms with Crippen LogP contribution in [0.2, 0.25) is 0 Å². The summed E-state index contributed by atoms with van der Waals surface area (Å²) in [6.45, 7) is 6.16. The smallest absolute Gasteiger partial charge is 0.0701 e. The maximum absolute atomic E-state index is 5.46. The molecule has 0 aliphatic heterocycles. The number of hydrogen-bond donors (Lipinski definition) is 1. The highest BCUT2D eigenvalue weighted by Crippen LogP contribution is 2.10. The number of rotatable bonds is 11. The van der Waals surface area contributed by atoms with E-state index in [0.717, 1.165) is 18.7 Å². The molecule has 0 aliphatic rings. The molecule has 0 atom stereocenters. The minimum absolute atomic E-state index is 0.620. The van der Waals surface area contributed by atoms with Gasteiger partial charge >= 0.3 is 0 Å². The minimum Gasteiger partial charge on any atom is -0.383 e. The molecular weight excluding hydrogens is 242 g/mol. The average Bonchev–Trinajstić information content (AvgIpc) is 2.46. The normalized spacial score (nSPS) is 10.6. The van der Waals surface area contributed by atoms with Gasteiger partial charge in [-0.3, -0.25) is 0 Å². The number of aryl methyl sites for hydroxylation is 1. The van der Waals surface area contributed by atoms with Crippen LogP contribution in [0.4, 0.5) is 5.69 Å². The molecule has 0 aliphatic carbocycles. The molecule has 1 rings (SSSR count). The third-order valence-corrected chi connectivity index (χ3v) is 2.71. The van der Waals surface area contributed by atoms with Gasteiger partial charge in [-0.2, -0.15) is 0 Å². The number of nitrogens with one attached hydrogen (secondary N) is 1. The van der Waals surface area contributed by atoms with Crippen molar-refractivity contribution in [3.8, 4) is 0 Å². The molecule has 1 N–H and O–H groups in total. The molecule has 0 spiro atoms. The fourth-order valence-corrected chi connectivity index (χ4v) is 1.63. The molecule has 19 heavy (non-hydrogen) atoms. The van der Waals surface area contributed by atoms with Gasteiger partial charge in [-0.25, -0.2) is 0 Å². The lowest BCUT2D eigenvalue weighted by atomic mass is 10.1. The van der Waals surface area contributed by atoms with E-state index in [9.17, 15) is 0 Å². The summed E-state index contributed by atoms with van der Waals surface area (Å²) in [6, 6.07) is 8.46. The largest absolute Gasteiger partial charge is 0.383 e. The molecule has 0 bridgehead atoms. The monoisotopic (exact) mass is 267 g/mol. The van der Waals surface area contributed by atoms with Gasteiger partial charge in [-0.15, -0.1) is 0 Å². The number of anilines is 1. The Bertz CT molecular complexity index is 331. The van der Waals surface area contributed by atoms with E-state index < -0.39 is 0 Å². The molecule has 0 fully saturated rings. The summed E-state index contributed by atoms with van der Waals surface area (Å²) in [5.41, 5.74) is 2.50. The Morgan fingerprint density at radius 1 is 1.00 bits per heavy atom. The van der Waals surface area contributed by atoms with E-state index in [0.29, 0.717) is 33.0 Å². The van der Waals surface area contributed by atoms with Crippen molar-refractivity contribution in [2.75, 3.05) is 52.0 Å². The highest BCUT2D eigenvalue weighted by molar-refractivity contribution is 5.45. The SMILES string of the molecule is CCc1cccc(NCCOCCOCCOC)c1. The molecule has 108 valence electrons. The Balaban J connectivity index is 1.98. The number of benzene rings is 1. The lowest BCUT2D eigenvalue weighted by Crippen LogP contribution is -2.13. The van der Waals surface area contributed by atoms with Crippen LogP contribution in [0.5, 0.6) is 0 Å². The van der Waals surface area contributed by atoms with Crippen molar-refractivity contribution in [3.63, 3.8) is 0 Å². The fraction of sp³-hybridized carbons (Fsp3) is 0.600. The van der Waals surface area contributed by atoms with Crippen LogP contribution < -0.4 is 5.32 Å². The van der Waals surface area contributed by atoms with E-state index >= 15 is 0 Å². The van der Waals surface area contributed by atoms with Gasteiger partial charge in [0.1, 0.15) is 0 Å². The average molecular weight is 267 g/mol. The molecule has 4 heteroatoms.